The molecule has 1 saturated heterocycles. The summed E-state index contributed by atoms with van der Waals surface area (Å²) in [5, 5.41) is 10.9. The van der Waals surface area contributed by atoms with Gasteiger partial charge in [-0.2, -0.15) is 5.10 Å². The largest absolute Gasteiger partial charge is 0.493 e. The second-order valence-electron chi connectivity index (χ2n) is 6.95. The van der Waals surface area contributed by atoms with Gasteiger partial charge in [-0.05, 0) is 56.5 Å². The van der Waals surface area contributed by atoms with Crippen LogP contribution in [0.25, 0.3) is 0 Å². The topological polar surface area (TPSA) is 77.4 Å². The number of methoxy groups -OCH3 is 2. The molecule has 27 heavy (non-hydrogen) atoms. The Morgan fingerprint density at radius 1 is 1.33 bits per heavy atom. The molecule has 1 aromatic carbocycles. The summed E-state index contributed by atoms with van der Waals surface area (Å²) in [4.78, 5) is 12.5. The van der Waals surface area contributed by atoms with E-state index in [-0.39, 0.29) is 11.9 Å². The zero-order chi connectivity index (χ0) is 19.2. The Bertz CT molecular complexity index is 768. The van der Waals surface area contributed by atoms with Crippen molar-refractivity contribution in [2.75, 3.05) is 27.3 Å². The van der Waals surface area contributed by atoms with E-state index >= 15 is 0 Å². The predicted octanol–water partition coefficient (Wildman–Crippen LogP) is 2.19. The number of rotatable bonds is 7. The van der Waals surface area contributed by atoms with Crippen molar-refractivity contribution in [3.8, 4) is 11.5 Å². The number of aromatic nitrogens is 2. The monoisotopic (exact) mass is 372 g/mol. The normalized spacial score (nSPS) is 18.0. The molecule has 2 unspecified atom stereocenters. The number of piperidine rings is 1. The first-order valence-corrected chi connectivity index (χ1v) is 9.38. The standard InChI is InChI=1S/C20H28N4O3/c1-14(11-15-6-7-18(26-2)19(12-15)27-3)22-20(25)17-8-10-24(23-17)16-5-4-9-21-13-16/h6-8,10,12,14,16,21H,4-5,9,11,13H2,1-3H3,(H,22,25). The van der Waals surface area contributed by atoms with Crippen LogP contribution in [-0.2, 0) is 6.42 Å². The van der Waals surface area contributed by atoms with Crippen LogP contribution >= 0.6 is 0 Å². The number of nitrogens with one attached hydrogen (secondary N) is 2. The fourth-order valence-electron chi connectivity index (χ4n) is 3.43. The van der Waals surface area contributed by atoms with E-state index in [1.54, 1.807) is 20.3 Å². The molecule has 0 spiro atoms. The number of nitrogens with zero attached hydrogens (tertiary/aromatic N) is 2. The van der Waals surface area contributed by atoms with Gasteiger partial charge in [0.25, 0.3) is 5.91 Å². The number of carbonyl (C=O) groups excluding carboxylic acids is 1. The number of hydrogen-bond donors (Lipinski definition) is 2. The van der Waals surface area contributed by atoms with Crippen molar-refractivity contribution in [1.82, 2.24) is 20.4 Å². The fourth-order valence-corrected chi connectivity index (χ4v) is 3.43. The molecule has 0 radical (unpaired) electrons. The molecule has 2 heterocycles. The van der Waals surface area contributed by atoms with Gasteiger partial charge < -0.3 is 20.1 Å². The minimum absolute atomic E-state index is 0.0305. The summed E-state index contributed by atoms with van der Waals surface area (Å²) < 4.78 is 12.5. The van der Waals surface area contributed by atoms with Crippen molar-refractivity contribution >= 4 is 5.91 Å². The van der Waals surface area contributed by atoms with Crippen molar-refractivity contribution in [2.45, 2.75) is 38.3 Å². The van der Waals surface area contributed by atoms with E-state index < -0.39 is 0 Å². The van der Waals surface area contributed by atoms with E-state index in [1.165, 1.54) is 0 Å². The molecule has 7 nitrogen and oxygen atoms in total. The summed E-state index contributed by atoms with van der Waals surface area (Å²) in [7, 11) is 3.23. The van der Waals surface area contributed by atoms with E-state index in [0.29, 0.717) is 29.7 Å². The Morgan fingerprint density at radius 3 is 2.85 bits per heavy atom. The first-order chi connectivity index (χ1) is 13.1. The van der Waals surface area contributed by atoms with E-state index in [9.17, 15) is 4.79 Å². The summed E-state index contributed by atoms with van der Waals surface area (Å²) in [5.74, 6) is 1.24. The highest BCUT2D eigenvalue weighted by molar-refractivity contribution is 5.92. The first-order valence-electron chi connectivity index (χ1n) is 9.38. The van der Waals surface area contributed by atoms with Crippen molar-refractivity contribution in [3.63, 3.8) is 0 Å². The average Bonchev–Trinajstić information content (AvgIpc) is 3.19. The van der Waals surface area contributed by atoms with Gasteiger partial charge in [0.1, 0.15) is 5.69 Å². The summed E-state index contributed by atoms with van der Waals surface area (Å²) in [5.41, 5.74) is 1.53. The van der Waals surface area contributed by atoms with Gasteiger partial charge in [0.15, 0.2) is 11.5 Å². The quantitative estimate of drug-likeness (QED) is 0.779. The molecular weight excluding hydrogens is 344 g/mol. The highest BCUT2D eigenvalue weighted by Crippen LogP contribution is 2.28. The summed E-state index contributed by atoms with van der Waals surface area (Å²) in [6.45, 7) is 3.94. The van der Waals surface area contributed by atoms with Gasteiger partial charge >= 0.3 is 0 Å². The maximum atomic E-state index is 12.5. The van der Waals surface area contributed by atoms with Gasteiger partial charge in [-0.3, -0.25) is 9.48 Å². The molecule has 1 aliphatic heterocycles. The molecule has 2 atom stereocenters. The van der Waals surface area contributed by atoms with Gasteiger partial charge in [0.2, 0.25) is 0 Å². The highest BCUT2D eigenvalue weighted by Gasteiger charge is 2.18. The van der Waals surface area contributed by atoms with Crippen LogP contribution in [-0.4, -0.2) is 49.0 Å². The third kappa shape index (κ3) is 4.80. The number of ether oxygens (including phenoxy) is 2. The smallest absolute Gasteiger partial charge is 0.271 e. The summed E-state index contributed by atoms with van der Waals surface area (Å²) in [6.07, 6.45) is 4.81. The lowest BCUT2D eigenvalue weighted by Gasteiger charge is -2.22. The lowest BCUT2D eigenvalue weighted by Crippen LogP contribution is -2.35. The summed E-state index contributed by atoms with van der Waals surface area (Å²) >= 11 is 0. The van der Waals surface area contributed by atoms with Crippen molar-refractivity contribution < 1.29 is 14.3 Å². The van der Waals surface area contributed by atoms with Crippen LogP contribution in [0.3, 0.4) is 0 Å². The molecule has 2 N–H and O–H groups in total. The van der Waals surface area contributed by atoms with Crippen LogP contribution in [0.4, 0.5) is 0 Å². The van der Waals surface area contributed by atoms with E-state index in [2.05, 4.69) is 15.7 Å². The molecule has 0 bridgehead atoms. The number of amides is 1. The zero-order valence-electron chi connectivity index (χ0n) is 16.2. The number of carbonyl (C=O) groups is 1. The molecule has 0 aliphatic carbocycles. The molecule has 3 rings (SSSR count). The maximum absolute atomic E-state index is 12.5. The van der Waals surface area contributed by atoms with Crippen LogP contribution in [0.5, 0.6) is 11.5 Å². The van der Waals surface area contributed by atoms with Crippen LogP contribution in [0.2, 0.25) is 0 Å². The third-order valence-electron chi connectivity index (χ3n) is 4.85. The van der Waals surface area contributed by atoms with Crippen LogP contribution in [0, 0.1) is 0 Å². The molecule has 2 aromatic rings. The zero-order valence-corrected chi connectivity index (χ0v) is 16.2. The number of benzene rings is 1. The maximum Gasteiger partial charge on any atom is 0.271 e. The van der Waals surface area contributed by atoms with Crippen molar-refractivity contribution in [2.24, 2.45) is 0 Å². The highest BCUT2D eigenvalue weighted by atomic mass is 16.5. The minimum atomic E-state index is -0.148. The van der Waals surface area contributed by atoms with Crippen LogP contribution in [0.1, 0.15) is 41.9 Å². The second-order valence-corrected chi connectivity index (χ2v) is 6.95. The lowest BCUT2D eigenvalue weighted by molar-refractivity contribution is 0.0933. The average molecular weight is 372 g/mol. The van der Waals surface area contributed by atoms with Gasteiger partial charge in [0, 0.05) is 18.8 Å². The van der Waals surface area contributed by atoms with E-state index in [4.69, 9.17) is 9.47 Å². The SMILES string of the molecule is COc1ccc(CC(C)NC(=O)c2ccn(C3CCCNC3)n2)cc1OC. The van der Waals surface area contributed by atoms with Crippen LogP contribution < -0.4 is 20.1 Å². The molecule has 7 heteroatoms. The predicted molar refractivity (Wildman–Crippen MR) is 104 cm³/mol. The van der Waals surface area contributed by atoms with Crippen LogP contribution in [0.15, 0.2) is 30.5 Å². The van der Waals surface area contributed by atoms with Crippen molar-refractivity contribution in [1.29, 1.82) is 0 Å². The minimum Gasteiger partial charge on any atom is -0.493 e. The number of hydrogen-bond acceptors (Lipinski definition) is 5. The third-order valence-corrected chi connectivity index (χ3v) is 4.85. The second kappa shape index (κ2) is 8.90. The first kappa shape index (κ1) is 19.2. The molecule has 1 aromatic heterocycles. The van der Waals surface area contributed by atoms with Gasteiger partial charge in [-0.15, -0.1) is 0 Å². The Kier molecular flexibility index (Phi) is 6.34. The molecule has 1 fully saturated rings. The Hall–Kier alpha value is -2.54. The Morgan fingerprint density at radius 2 is 2.15 bits per heavy atom. The van der Waals surface area contributed by atoms with E-state index in [0.717, 1.165) is 31.5 Å². The molecule has 146 valence electrons. The van der Waals surface area contributed by atoms with E-state index in [1.807, 2.05) is 36.0 Å². The lowest BCUT2D eigenvalue weighted by atomic mass is 10.1. The summed E-state index contributed by atoms with van der Waals surface area (Å²) in [6, 6.07) is 7.87. The molecular formula is C20H28N4O3. The molecule has 0 saturated carbocycles. The fraction of sp³-hybridized carbons (Fsp3) is 0.500. The molecule has 1 aliphatic rings. The van der Waals surface area contributed by atoms with Gasteiger partial charge in [0.05, 0.1) is 20.3 Å². The van der Waals surface area contributed by atoms with Gasteiger partial charge in [-0.25, -0.2) is 0 Å². The Balaban J connectivity index is 1.58. The molecule has 1 amide bonds. The van der Waals surface area contributed by atoms with Crippen molar-refractivity contribution in [3.05, 3.63) is 41.7 Å². The van der Waals surface area contributed by atoms with Gasteiger partial charge in [-0.1, -0.05) is 6.07 Å². The Labute approximate surface area is 160 Å².